The van der Waals surface area contributed by atoms with Gasteiger partial charge in [-0.15, -0.1) is 0 Å². The highest BCUT2D eigenvalue weighted by Crippen LogP contribution is 2.25. The summed E-state index contributed by atoms with van der Waals surface area (Å²) < 4.78 is 56.4. The molecule has 0 unspecified atom stereocenters. The minimum Gasteiger partial charge on any atom is -0.325 e. The van der Waals surface area contributed by atoms with E-state index >= 15 is 0 Å². The fourth-order valence-corrected chi connectivity index (χ4v) is 7.07. The van der Waals surface area contributed by atoms with Crippen LogP contribution in [0.1, 0.15) is 18.4 Å². The number of aryl methyl sites for hydroxylation is 1. The molecule has 3 aromatic rings. The van der Waals surface area contributed by atoms with Crippen molar-refractivity contribution in [2.24, 2.45) is 0 Å². The predicted molar refractivity (Wildman–Crippen MR) is 153 cm³/mol. The average molecular weight is 591 g/mol. The number of piperidine rings is 1. The number of benzene rings is 3. The smallest absolute Gasteiger partial charge is 0.264 e. The first-order chi connectivity index (χ1) is 18.4. The number of nitrogens with one attached hydrogen (secondary N) is 2. The third-order valence-corrected chi connectivity index (χ3v) is 10.1. The SMILES string of the molecule is Cc1ccc(N(CC(=O)Nc2ccc(S(=O)(=O)NC3CCN(C)CC3)cc2)S(=O)(=O)c2ccc(Cl)cc2)cc1. The summed E-state index contributed by atoms with van der Waals surface area (Å²) in [6.45, 7) is 3.03. The summed E-state index contributed by atoms with van der Waals surface area (Å²) in [4.78, 5) is 15.2. The molecule has 208 valence electrons. The molecule has 3 aromatic carbocycles. The number of hydrogen-bond acceptors (Lipinski definition) is 6. The Morgan fingerprint density at radius 2 is 1.46 bits per heavy atom. The predicted octanol–water partition coefficient (Wildman–Crippen LogP) is 3.85. The third kappa shape index (κ3) is 7.37. The van der Waals surface area contributed by atoms with Crippen molar-refractivity contribution in [2.75, 3.05) is 36.3 Å². The summed E-state index contributed by atoms with van der Waals surface area (Å²) in [6, 6.07) is 18.1. The molecule has 1 aliphatic rings. The molecule has 1 fully saturated rings. The molecule has 0 saturated carbocycles. The van der Waals surface area contributed by atoms with Crippen molar-refractivity contribution in [3.05, 3.63) is 83.4 Å². The Morgan fingerprint density at radius 3 is 2.05 bits per heavy atom. The van der Waals surface area contributed by atoms with Gasteiger partial charge in [0.2, 0.25) is 15.9 Å². The van der Waals surface area contributed by atoms with Gasteiger partial charge in [0, 0.05) is 16.8 Å². The molecule has 4 rings (SSSR count). The van der Waals surface area contributed by atoms with Crippen LogP contribution in [0, 0.1) is 6.92 Å². The number of carbonyl (C=O) groups excluding carboxylic acids is 1. The molecular weight excluding hydrogens is 560 g/mol. The molecule has 0 aliphatic carbocycles. The average Bonchev–Trinajstić information content (AvgIpc) is 2.90. The van der Waals surface area contributed by atoms with Gasteiger partial charge >= 0.3 is 0 Å². The Balaban J connectivity index is 1.48. The second-order valence-electron chi connectivity index (χ2n) is 9.57. The normalized spacial score (nSPS) is 15.2. The minimum atomic E-state index is -4.09. The highest BCUT2D eigenvalue weighted by Gasteiger charge is 2.28. The molecule has 1 amide bonds. The van der Waals surface area contributed by atoms with Gasteiger partial charge in [0.1, 0.15) is 6.54 Å². The lowest BCUT2D eigenvalue weighted by molar-refractivity contribution is -0.114. The molecule has 2 N–H and O–H groups in total. The highest BCUT2D eigenvalue weighted by atomic mass is 35.5. The van der Waals surface area contributed by atoms with E-state index < -0.39 is 32.5 Å². The van der Waals surface area contributed by atoms with Gasteiger partial charge < -0.3 is 10.2 Å². The van der Waals surface area contributed by atoms with E-state index in [2.05, 4.69) is 14.9 Å². The van der Waals surface area contributed by atoms with Gasteiger partial charge in [0.05, 0.1) is 15.5 Å². The first-order valence-electron chi connectivity index (χ1n) is 12.4. The Labute approximate surface area is 234 Å². The number of halogens is 1. The van der Waals surface area contributed by atoms with E-state index in [-0.39, 0.29) is 15.8 Å². The Morgan fingerprint density at radius 1 is 0.897 bits per heavy atom. The van der Waals surface area contributed by atoms with Gasteiger partial charge in [0.15, 0.2) is 0 Å². The molecule has 9 nitrogen and oxygen atoms in total. The molecule has 39 heavy (non-hydrogen) atoms. The number of anilines is 2. The standard InChI is InChI=1S/C27H31ClN4O5S2/c1-20-3-9-24(10-4-20)32(39(36,37)26-11-5-21(28)6-12-26)19-27(33)29-22-7-13-25(14-8-22)38(34,35)30-23-15-17-31(2)18-16-23/h3-14,23,30H,15-19H2,1-2H3,(H,29,33). The van der Waals surface area contributed by atoms with Crippen molar-refractivity contribution in [3.8, 4) is 0 Å². The lowest BCUT2D eigenvalue weighted by Crippen LogP contribution is -2.43. The summed E-state index contributed by atoms with van der Waals surface area (Å²) in [5, 5.41) is 3.05. The van der Waals surface area contributed by atoms with E-state index in [0.717, 1.165) is 35.8 Å². The summed E-state index contributed by atoms with van der Waals surface area (Å²) in [7, 11) is -5.80. The maximum Gasteiger partial charge on any atom is 0.264 e. The van der Waals surface area contributed by atoms with Gasteiger partial charge in [0.25, 0.3) is 10.0 Å². The van der Waals surface area contributed by atoms with Crippen molar-refractivity contribution in [2.45, 2.75) is 35.6 Å². The van der Waals surface area contributed by atoms with Crippen molar-refractivity contribution < 1.29 is 21.6 Å². The van der Waals surface area contributed by atoms with Gasteiger partial charge in [-0.2, -0.15) is 0 Å². The van der Waals surface area contributed by atoms with Crippen molar-refractivity contribution >= 4 is 48.9 Å². The topological polar surface area (TPSA) is 116 Å². The first-order valence-corrected chi connectivity index (χ1v) is 15.7. The van der Waals surface area contributed by atoms with Crippen LogP contribution < -0.4 is 14.3 Å². The van der Waals surface area contributed by atoms with Crippen LogP contribution in [0.3, 0.4) is 0 Å². The van der Waals surface area contributed by atoms with Gasteiger partial charge in [-0.05, 0) is 101 Å². The maximum atomic E-state index is 13.5. The van der Waals surface area contributed by atoms with E-state index in [1.165, 1.54) is 48.5 Å². The Bertz CT molecular complexity index is 1500. The summed E-state index contributed by atoms with van der Waals surface area (Å²) in [5.41, 5.74) is 1.60. The molecule has 0 bridgehead atoms. The molecule has 1 heterocycles. The van der Waals surface area contributed by atoms with Gasteiger partial charge in [-0.25, -0.2) is 21.6 Å². The molecule has 12 heteroatoms. The van der Waals surface area contributed by atoms with Crippen LogP contribution in [0.2, 0.25) is 5.02 Å². The van der Waals surface area contributed by atoms with Crippen molar-refractivity contribution in [1.29, 1.82) is 0 Å². The van der Waals surface area contributed by atoms with Gasteiger partial charge in [-0.3, -0.25) is 9.10 Å². The second-order valence-corrected chi connectivity index (χ2v) is 13.6. The molecule has 1 saturated heterocycles. The molecule has 0 atom stereocenters. The van der Waals surface area contributed by atoms with E-state index in [1.807, 2.05) is 14.0 Å². The number of rotatable bonds is 9. The number of sulfonamides is 2. The number of nitrogens with zero attached hydrogens (tertiary/aromatic N) is 2. The minimum absolute atomic E-state index is 0.00746. The van der Waals surface area contributed by atoms with E-state index in [0.29, 0.717) is 16.4 Å². The molecule has 0 aromatic heterocycles. The first kappa shape index (κ1) is 29.0. The molecule has 1 aliphatic heterocycles. The highest BCUT2D eigenvalue weighted by molar-refractivity contribution is 7.92. The molecule has 0 spiro atoms. The van der Waals surface area contributed by atoms with Crippen LogP contribution in [0.25, 0.3) is 0 Å². The van der Waals surface area contributed by atoms with Crippen LogP contribution in [-0.2, 0) is 24.8 Å². The number of amides is 1. The summed E-state index contributed by atoms with van der Waals surface area (Å²) in [5.74, 6) is -0.590. The molecular formula is C27H31ClN4O5S2. The quantitative estimate of drug-likeness (QED) is 0.391. The van der Waals surface area contributed by atoms with Crippen LogP contribution in [0.4, 0.5) is 11.4 Å². The van der Waals surface area contributed by atoms with E-state index in [1.54, 1.807) is 24.3 Å². The zero-order valence-electron chi connectivity index (χ0n) is 21.7. The lowest BCUT2D eigenvalue weighted by Gasteiger charge is -2.29. The van der Waals surface area contributed by atoms with E-state index in [4.69, 9.17) is 11.6 Å². The summed E-state index contributed by atoms with van der Waals surface area (Å²) in [6.07, 6.45) is 1.47. The fourth-order valence-electron chi connectivity index (χ4n) is 4.22. The maximum absolute atomic E-state index is 13.5. The van der Waals surface area contributed by atoms with Crippen molar-refractivity contribution in [1.82, 2.24) is 9.62 Å². The zero-order chi connectivity index (χ0) is 28.2. The Kier molecular flexibility index (Phi) is 8.97. The van der Waals surface area contributed by atoms with Crippen LogP contribution >= 0.6 is 11.6 Å². The third-order valence-electron chi connectivity index (χ3n) is 6.50. The molecule has 0 radical (unpaired) electrons. The Hall–Kier alpha value is -2.96. The number of carbonyl (C=O) groups is 1. The van der Waals surface area contributed by atoms with Crippen molar-refractivity contribution in [3.63, 3.8) is 0 Å². The van der Waals surface area contributed by atoms with Crippen LogP contribution in [0.15, 0.2) is 82.6 Å². The number of likely N-dealkylation sites (tertiary alicyclic amines) is 1. The second kappa shape index (κ2) is 12.1. The summed E-state index contributed by atoms with van der Waals surface area (Å²) >= 11 is 5.93. The van der Waals surface area contributed by atoms with E-state index in [9.17, 15) is 21.6 Å². The largest absolute Gasteiger partial charge is 0.325 e. The number of hydrogen-bond donors (Lipinski definition) is 2. The van der Waals surface area contributed by atoms with Crippen LogP contribution in [0.5, 0.6) is 0 Å². The van der Waals surface area contributed by atoms with Crippen LogP contribution in [-0.4, -0.2) is 60.4 Å². The fraction of sp³-hybridized carbons (Fsp3) is 0.296. The monoisotopic (exact) mass is 590 g/mol. The zero-order valence-corrected chi connectivity index (χ0v) is 24.1. The van der Waals surface area contributed by atoms with Gasteiger partial charge in [-0.1, -0.05) is 29.3 Å². The lowest BCUT2D eigenvalue weighted by atomic mass is 10.1.